The van der Waals surface area contributed by atoms with Crippen LogP contribution in [0.4, 0.5) is 4.39 Å². The number of nitrogens with two attached hydrogens (primary N) is 1. The van der Waals surface area contributed by atoms with Crippen LogP contribution in [0.15, 0.2) is 12.1 Å². The molecule has 0 saturated heterocycles. The number of halogens is 2. The number of aromatic hydroxyl groups is 1. The van der Waals surface area contributed by atoms with E-state index in [1.165, 1.54) is 12.1 Å². The minimum absolute atomic E-state index is 0.0358. The molecule has 0 aliphatic rings. The number of hydrogen-bond donors (Lipinski definition) is 2. The molecule has 3 N–H and O–H groups in total. The molecule has 13 heavy (non-hydrogen) atoms. The maximum atomic E-state index is 13.4. The number of phenols is 1. The molecular formula is C9H11ClFNO. The van der Waals surface area contributed by atoms with E-state index >= 15 is 0 Å². The van der Waals surface area contributed by atoms with Gasteiger partial charge in [0.25, 0.3) is 0 Å². The van der Waals surface area contributed by atoms with E-state index in [2.05, 4.69) is 0 Å². The Morgan fingerprint density at radius 3 is 2.38 bits per heavy atom. The third kappa shape index (κ3) is 1.92. The van der Waals surface area contributed by atoms with E-state index in [0.717, 1.165) is 0 Å². The number of rotatable bonds is 1. The molecule has 0 unspecified atom stereocenters. The molecule has 0 aliphatic heterocycles. The Hall–Kier alpha value is -0.800. The fourth-order valence-corrected chi connectivity index (χ4v) is 1.31. The summed E-state index contributed by atoms with van der Waals surface area (Å²) in [6.07, 6.45) is 0. The van der Waals surface area contributed by atoms with E-state index < -0.39 is 11.4 Å². The van der Waals surface area contributed by atoms with Crippen LogP contribution in [0.25, 0.3) is 0 Å². The van der Waals surface area contributed by atoms with Crippen molar-refractivity contribution in [2.45, 2.75) is 19.4 Å². The number of benzene rings is 1. The van der Waals surface area contributed by atoms with Crippen LogP contribution in [0.1, 0.15) is 19.4 Å². The third-order valence-corrected chi connectivity index (χ3v) is 2.01. The summed E-state index contributed by atoms with van der Waals surface area (Å²) in [5, 5.41) is 9.34. The molecule has 1 rings (SSSR count). The van der Waals surface area contributed by atoms with Gasteiger partial charge in [-0.25, -0.2) is 4.39 Å². The van der Waals surface area contributed by atoms with E-state index in [9.17, 15) is 9.50 Å². The van der Waals surface area contributed by atoms with Crippen LogP contribution < -0.4 is 5.73 Å². The predicted octanol–water partition coefficient (Wildman–Crippen LogP) is 2.38. The minimum Gasteiger partial charge on any atom is -0.507 e. The zero-order valence-corrected chi connectivity index (χ0v) is 8.19. The average molecular weight is 204 g/mol. The fraction of sp³-hybridized carbons (Fsp3) is 0.333. The van der Waals surface area contributed by atoms with Crippen molar-refractivity contribution in [3.05, 3.63) is 28.5 Å². The van der Waals surface area contributed by atoms with Gasteiger partial charge in [-0.1, -0.05) is 11.6 Å². The summed E-state index contributed by atoms with van der Waals surface area (Å²) in [6, 6.07) is 2.62. The molecule has 4 heteroatoms. The minimum atomic E-state index is -0.945. The van der Waals surface area contributed by atoms with Gasteiger partial charge in [0, 0.05) is 5.54 Å². The maximum Gasteiger partial charge on any atom is 0.150 e. The fourth-order valence-electron chi connectivity index (χ4n) is 1.15. The third-order valence-electron chi connectivity index (χ3n) is 1.72. The highest BCUT2D eigenvalue weighted by atomic mass is 35.5. The second-order valence-electron chi connectivity index (χ2n) is 3.48. The van der Waals surface area contributed by atoms with Gasteiger partial charge >= 0.3 is 0 Å². The molecule has 1 aromatic rings. The average Bonchev–Trinajstić information content (AvgIpc) is 1.95. The SMILES string of the molecule is CC(C)(N)c1c(O)ccc(Cl)c1F. The molecular weight excluding hydrogens is 193 g/mol. The first-order chi connectivity index (χ1) is 5.84. The van der Waals surface area contributed by atoms with E-state index in [4.69, 9.17) is 17.3 Å². The second-order valence-corrected chi connectivity index (χ2v) is 3.88. The highest BCUT2D eigenvalue weighted by Crippen LogP contribution is 2.33. The summed E-state index contributed by atoms with van der Waals surface area (Å²) in [6.45, 7) is 3.20. The zero-order chi connectivity index (χ0) is 10.2. The van der Waals surface area contributed by atoms with Crippen LogP contribution in [0.2, 0.25) is 5.02 Å². The number of hydrogen-bond acceptors (Lipinski definition) is 2. The molecule has 72 valence electrons. The summed E-state index contributed by atoms with van der Waals surface area (Å²) in [5.41, 5.74) is 4.76. The second kappa shape index (κ2) is 3.16. The summed E-state index contributed by atoms with van der Waals surface area (Å²) >= 11 is 5.55. The highest BCUT2D eigenvalue weighted by Gasteiger charge is 2.24. The van der Waals surface area contributed by atoms with Gasteiger partial charge < -0.3 is 10.8 Å². The molecule has 0 saturated carbocycles. The van der Waals surface area contributed by atoms with Crippen LogP contribution in [0.5, 0.6) is 5.75 Å². The van der Waals surface area contributed by atoms with Crippen LogP contribution >= 0.6 is 11.6 Å². The topological polar surface area (TPSA) is 46.2 Å². The van der Waals surface area contributed by atoms with Crippen molar-refractivity contribution in [1.82, 2.24) is 0 Å². The van der Waals surface area contributed by atoms with E-state index in [1.54, 1.807) is 13.8 Å². The molecule has 0 aliphatic carbocycles. The van der Waals surface area contributed by atoms with Crippen molar-refractivity contribution in [3.8, 4) is 5.75 Å². The van der Waals surface area contributed by atoms with Gasteiger partial charge in [-0.05, 0) is 26.0 Å². The van der Waals surface area contributed by atoms with E-state index in [-0.39, 0.29) is 16.3 Å². The van der Waals surface area contributed by atoms with Crippen molar-refractivity contribution in [3.63, 3.8) is 0 Å². The normalized spacial score (nSPS) is 11.8. The van der Waals surface area contributed by atoms with Gasteiger partial charge in [-0.2, -0.15) is 0 Å². The molecule has 0 bridgehead atoms. The molecule has 0 radical (unpaired) electrons. The predicted molar refractivity (Wildman–Crippen MR) is 50.3 cm³/mol. The van der Waals surface area contributed by atoms with Crippen LogP contribution in [0.3, 0.4) is 0 Å². The van der Waals surface area contributed by atoms with Gasteiger partial charge in [0.1, 0.15) is 5.75 Å². The molecule has 0 aromatic heterocycles. The Morgan fingerprint density at radius 2 is 2.00 bits per heavy atom. The maximum absolute atomic E-state index is 13.4. The zero-order valence-electron chi connectivity index (χ0n) is 7.44. The molecule has 0 atom stereocenters. The molecule has 0 fully saturated rings. The first-order valence-corrected chi connectivity index (χ1v) is 4.18. The van der Waals surface area contributed by atoms with Gasteiger partial charge in [0.05, 0.1) is 10.6 Å². The lowest BCUT2D eigenvalue weighted by Crippen LogP contribution is -2.30. The van der Waals surface area contributed by atoms with Gasteiger partial charge in [-0.15, -0.1) is 0 Å². The Bertz CT molecular complexity index is 333. The largest absolute Gasteiger partial charge is 0.507 e. The molecule has 1 aromatic carbocycles. The summed E-state index contributed by atoms with van der Waals surface area (Å²) in [4.78, 5) is 0. The van der Waals surface area contributed by atoms with Crippen molar-refractivity contribution >= 4 is 11.6 Å². The Morgan fingerprint density at radius 1 is 1.46 bits per heavy atom. The quantitative estimate of drug-likeness (QED) is 0.736. The van der Waals surface area contributed by atoms with Crippen molar-refractivity contribution < 1.29 is 9.50 Å². The standard InChI is InChI=1S/C9H11ClFNO/c1-9(2,12)7-6(13)4-3-5(10)8(7)11/h3-4,13H,12H2,1-2H3. The lowest BCUT2D eigenvalue weighted by atomic mass is 9.94. The van der Waals surface area contributed by atoms with Gasteiger partial charge in [0.2, 0.25) is 0 Å². The van der Waals surface area contributed by atoms with Gasteiger partial charge in [-0.3, -0.25) is 0 Å². The summed E-state index contributed by atoms with van der Waals surface area (Å²) in [7, 11) is 0. The van der Waals surface area contributed by atoms with Crippen LogP contribution in [-0.2, 0) is 5.54 Å². The van der Waals surface area contributed by atoms with Crippen LogP contribution in [-0.4, -0.2) is 5.11 Å². The molecule has 2 nitrogen and oxygen atoms in total. The molecule has 0 amide bonds. The smallest absolute Gasteiger partial charge is 0.150 e. The van der Waals surface area contributed by atoms with Crippen molar-refractivity contribution in [1.29, 1.82) is 0 Å². The van der Waals surface area contributed by atoms with Crippen molar-refractivity contribution in [2.75, 3.05) is 0 Å². The number of phenolic OH excluding ortho intramolecular Hbond substituents is 1. The first kappa shape index (κ1) is 10.3. The van der Waals surface area contributed by atoms with E-state index in [1.807, 2.05) is 0 Å². The Labute approximate surface area is 81.1 Å². The highest BCUT2D eigenvalue weighted by molar-refractivity contribution is 6.30. The van der Waals surface area contributed by atoms with Crippen molar-refractivity contribution in [2.24, 2.45) is 5.73 Å². The summed E-state index contributed by atoms with van der Waals surface area (Å²) in [5.74, 6) is -0.830. The molecule has 0 spiro atoms. The Balaban J connectivity index is 3.43. The molecule has 0 heterocycles. The Kier molecular flexibility index (Phi) is 2.50. The lowest BCUT2D eigenvalue weighted by molar-refractivity contribution is 0.421. The first-order valence-electron chi connectivity index (χ1n) is 3.80. The van der Waals surface area contributed by atoms with Gasteiger partial charge in [0.15, 0.2) is 5.82 Å². The van der Waals surface area contributed by atoms with E-state index in [0.29, 0.717) is 0 Å². The monoisotopic (exact) mass is 203 g/mol. The summed E-state index contributed by atoms with van der Waals surface area (Å²) < 4.78 is 13.4. The van der Waals surface area contributed by atoms with Crippen LogP contribution in [0, 0.1) is 5.82 Å². The lowest BCUT2D eigenvalue weighted by Gasteiger charge is -2.21.